The van der Waals surface area contributed by atoms with E-state index in [1.165, 1.54) is 36.0 Å². The third-order valence-electron chi connectivity index (χ3n) is 5.22. The smallest absolute Gasteiger partial charge is 0.241 e. The Balaban J connectivity index is 1.76. The zero-order valence-corrected chi connectivity index (χ0v) is 20.3. The molecule has 2 aromatic carbocycles. The maximum atomic E-state index is 13.2. The van der Waals surface area contributed by atoms with Gasteiger partial charge in [-0.15, -0.1) is 0 Å². The van der Waals surface area contributed by atoms with E-state index in [1.807, 2.05) is 20.1 Å². The standard InChI is InChI=1S/C23H27FN4O3S2/c1-16(21-15-25-28(17(21)2)19-11-9-18(24)10-12-19)26-23(29)22(13-14-32-3)27-33(30,31)20-7-5-4-6-8-20/h4-12,15-16,22,27H,13-14H2,1-3H3,(H,26,29). The lowest BCUT2D eigenvalue weighted by molar-refractivity contribution is -0.123. The van der Waals surface area contributed by atoms with Crippen LogP contribution >= 0.6 is 11.8 Å². The number of hydrogen-bond acceptors (Lipinski definition) is 5. The molecule has 0 radical (unpaired) electrons. The number of sulfonamides is 1. The fraction of sp³-hybridized carbons (Fsp3) is 0.304. The van der Waals surface area contributed by atoms with Crippen LogP contribution in [0.1, 0.15) is 30.6 Å². The van der Waals surface area contributed by atoms with E-state index in [1.54, 1.807) is 41.2 Å². The number of carbonyl (C=O) groups excluding carboxylic acids is 1. The molecule has 7 nitrogen and oxygen atoms in total. The molecular formula is C23H27FN4O3S2. The highest BCUT2D eigenvalue weighted by atomic mass is 32.2. The van der Waals surface area contributed by atoms with Crippen LogP contribution in [0.25, 0.3) is 5.69 Å². The molecule has 33 heavy (non-hydrogen) atoms. The van der Waals surface area contributed by atoms with E-state index in [9.17, 15) is 17.6 Å². The highest BCUT2D eigenvalue weighted by molar-refractivity contribution is 7.98. The van der Waals surface area contributed by atoms with Crippen molar-refractivity contribution in [3.8, 4) is 5.69 Å². The van der Waals surface area contributed by atoms with Crippen LogP contribution in [-0.2, 0) is 14.8 Å². The lowest BCUT2D eigenvalue weighted by Crippen LogP contribution is -2.47. The van der Waals surface area contributed by atoms with E-state index in [0.29, 0.717) is 17.9 Å². The predicted octanol–water partition coefficient (Wildman–Crippen LogP) is 3.60. The Morgan fingerprint density at radius 3 is 2.45 bits per heavy atom. The van der Waals surface area contributed by atoms with E-state index in [2.05, 4.69) is 15.1 Å². The molecule has 3 aromatic rings. The van der Waals surface area contributed by atoms with Gasteiger partial charge >= 0.3 is 0 Å². The molecule has 3 rings (SSSR count). The van der Waals surface area contributed by atoms with Crippen LogP contribution in [0.2, 0.25) is 0 Å². The third kappa shape index (κ3) is 6.21. The minimum Gasteiger partial charge on any atom is -0.348 e. The van der Waals surface area contributed by atoms with Gasteiger partial charge in [0.1, 0.15) is 11.9 Å². The number of rotatable bonds is 10. The predicted molar refractivity (Wildman–Crippen MR) is 128 cm³/mol. The Morgan fingerprint density at radius 2 is 1.82 bits per heavy atom. The lowest BCUT2D eigenvalue weighted by Gasteiger charge is -2.21. The highest BCUT2D eigenvalue weighted by Gasteiger charge is 2.27. The third-order valence-corrected chi connectivity index (χ3v) is 7.35. The Morgan fingerprint density at radius 1 is 1.15 bits per heavy atom. The van der Waals surface area contributed by atoms with Gasteiger partial charge in [0.05, 0.1) is 22.8 Å². The van der Waals surface area contributed by atoms with Crippen molar-refractivity contribution in [3.05, 3.63) is 77.9 Å². The van der Waals surface area contributed by atoms with Crippen molar-refractivity contribution in [1.29, 1.82) is 0 Å². The molecule has 176 valence electrons. The first-order valence-electron chi connectivity index (χ1n) is 10.4. The van der Waals surface area contributed by atoms with Crippen LogP contribution in [0.5, 0.6) is 0 Å². The van der Waals surface area contributed by atoms with Crippen LogP contribution < -0.4 is 10.0 Å². The number of amides is 1. The molecule has 0 saturated carbocycles. The SMILES string of the molecule is CSCCC(NS(=O)(=O)c1ccccc1)C(=O)NC(C)c1cnn(-c2ccc(F)cc2)c1C. The number of benzene rings is 2. The number of nitrogens with zero attached hydrogens (tertiary/aromatic N) is 2. The normalized spacial score (nSPS) is 13.5. The number of aromatic nitrogens is 2. The first-order chi connectivity index (χ1) is 15.7. The summed E-state index contributed by atoms with van der Waals surface area (Å²) in [5, 5.41) is 7.27. The zero-order chi connectivity index (χ0) is 24.0. The van der Waals surface area contributed by atoms with Gasteiger partial charge < -0.3 is 5.32 Å². The summed E-state index contributed by atoms with van der Waals surface area (Å²) in [6, 6.07) is 12.6. The Labute approximate surface area is 197 Å². The molecule has 0 spiro atoms. The maximum absolute atomic E-state index is 13.2. The molecule has 2 atom stereocenters. The average molecular weight is 491 g/mol. The van der Waals surface area contributed by atoms with Gasteiger partial charge in [0.15, 0.2) is 0 Å². The molecule has 2 N–H and O–H groups in total. The molecule has 1 aromatic heterocycles. The van der Waals surface area contributed by atoms with E-state index in [4.69, 9.17) is 0 Å². The highest BCUT2D eigenvalue weighted by Crippen LogP contribution is 2.21. The van der Waals surface area contributed by atoms with Gasteiger partial charge in [-0.3, -0.25) is 4.79 Å². The first-order valence-corrected chi connectivity index (χ1v) is 13.3. The molecule has 0 saturated heterocycles. The van der Waals surface area contributed by atoms with E-state index in [-0.39, 0.29) is 10.7 Å². The fourth-order valence-electron chi connectivity index (χ4n) is 3.42. The van der Waals surface area contributed by atoms with Crippen molar-refractivity contribution in [1.82, 2.24) is 19.8 Å². The summed E-state index contributed by atoms with van der Waals surface area (Å²) >= 11 is 1.53. The molecule has 0 aliphatic rings. The van der Waals surface area contributed by atoms with Gasteiger partial charge in [0.25, 0.3) is 0 Å². The van der Waals surface area contributed by atoms with Crippen molar-refractivity contribution >= 4 is 27.7 Å². The van der Waals surface area contributed by atoms with Gasteiger partial charge in [-0.1, -0.05) is 18.2 Å². The second-order valence-electron chi connectivity index (χ2n) is 7.57. The van der Waals surface area contributed by atoms with E-state index < -0.39 is 28.0 Å². The molecule has 1 amide bonds. The fourth-order valence-corrected chi connectivity index (χ4v) is 5.14. The summed E-state index contributed by atoms with van der Waals surface area (Å²) in [6.45, 7) is 3.67. The molecule has 10 heteroatoms. The molecule has 0 aliphatic carbocycles. The molecule has 0 fully saturated rings. The van der Waals surface area contributed by atoms with Crippen LogP contribution in [-0.4, -0.2) is 42.2 Å². The van der Waals surface area contributed by atoms with Gasteiger partial charge in [0.2, 0.25) is 15.9 Å². The van der Waals surface area contributed by atoms with Crippen molar-refractivity contribution in [2.45, 2.75) is 37.2 Å². The Hall–Kier alpha value is -2.69. The molecule has 2 unspecified atom stereocenters. The molecular weight excluding hydrogens is 463 g/mol. The van der Waals surface area contributed by atoms with Gasteiger partial charge in [-0.2, -0.15) is 21.6 Å². The average Bonchev–Trinajstić information content (AvgIpc) is 3.19. The minimum atomic E-state index is -3.85. The second-order valence-corrected chi connectivity index (χ2v) is 10.3. The lowest BCUT2D eigenvalue weighted by atomic mass is 10.1. The van der Waals surface area contributed by atoms with Crippen LogP contribution in [0.15, 0.2) is 65.7 Å². The Kier molecular flexibility index (Phi) is 8.28. The largest absolute Gasteiger partial charge is 0.348 e. The number of nitrogens with one attached hydrogen (secondary N) is 2. The van der Waals surface area contributed by atoms with Crippen molar-refractivity contribution in [3.63, 3.8) is 0 Å². The molecule has 0 bridgehead atoms. The summed E-state index contributed by atoms with van der Waals surface area (Å²) < 4.78 is 43.0. The van der Waals surface area contributed by atoms with Crippen molar-refractivity contribution in [2.75, 3.05) is 12.0 Å². The number of hydrogen-bond donors (Lipinski definition) is 2. The number of carbonyl (C=O) groups is 1. The van der Waals surface area contributed by atoms with Gasteiger partial charge in [0, 0.05) is 11.3 Å². The van der Waals surface area contributed by atoms with Crippen LogP contribution in [0.4, 0.5) is 4.39 Å². The van der Waals surface area contributed by atoms with Crippen LogP contribution in [0, 0.1) is 12.7 Å². The summed E-state index contributed by atoms with van der Waals surface area (Å²) in [5.41, 5.74) is 2.27. The van der Waals surface area contributed by atoms with Crippen molar-refractivity contribution in [2.24, 2.45) is 0 Å². The monoisotopic (exact) mass is 490 g/mol. The summed E-state index contributed by atoms with van der Waals surface area (Å²) in [5.74, 6) is -0.130. The maximum Gasteiger partial charge on any atom is 0.241 e. The molecule has 0 aliphatic heterocycles. The summed E-state index contributed by atoms with van der Waals surface area (Å²) in [4.78, 5) is 13.2. The zero-order valence-electron chi connectivity index (χ0n) is 18.7. The van der Waals surface area contributed by atoms with E-state index >= 15 is 0 Å². The van der Waals surface area contributed by atoms with Crippen LogP contribution in [0.3, 0.4) is 0 Å². The quantitative estimate of drug-likeness (QED) is 0.453. The van der Waals surface area contributed by atoms with Gasteiger partial charge in [-0.25, -0.2) is 17.5 Å². The number of halogens is 1. The molecule has 1 heterocycles. The number of thioether (sulfide) groups is 1. The van der Waals surface area contributed by atoms with Crippen molar-refractivity contribution < 1.29 is 17.6 Å². The van der Waals surface area contributed by atoms with E-state index in [0.717, 1.165) is 11.3 Å². The summed E-state index contributed by atoms with van der Waals surface area (Å²) in [6.07, 6.45) is 3.89. The Bertz CT molecular complexity index is 1180. The summed E-state index contributed by atoms with van der Waals surface area (Å²) in [7, 11) is -3.85. The minimum absolute atomic E-state index is 0.108. The second kappa shape index (κ2) is 11.0. The first kappa shape index (κ1) is 24.9. The van der Waals surface area contributed by atoms with Gasteiger partial charge in [-0.05, 0) is 68.7 Å². The topological polar surface area (TPSA) is 93.1 Å².